The summed E-state index contributed by atoms with van der Waals surface area (Å²) in [5.41, 5.74) is 0. The third kappa shape index (κ3) is 3.57. The monoisotopic (exact) mass is 255 g/mol. The van der Waals surface area contributed by atoms with Crippen molar-refractivity contribution in [1.82, 2.24) is 6.15 Å². The topological polar surface area (TPSA) is 144 Å². The van der Waals surface area contributed by atoms with Gasteiger partial charge in [0.05, 0.1) is 9.79 Å². The zero-order valence-electron chi connectivity index (χ0n) is 7.36. The molecule has 0 unspecified atom stereocenters. The minimum absolute atomic E-state index is 0. The van der Waals surface area contributed by atoms with E-state index in [0.717, 1.165) is 24.3 Å². The van der Waals surface area contributed by atoms with E-state index in [1.54, 1.807) is 0 Å². The van der Waals surface area contributed by atoms with Crippen LogP contribution in [0.15, 0.2) is 34.1 Å². The molecule has 0 amide bonds. The van der Waals surface area contributed by atoms with Gasteiger partial charge in [0.25, 0.3) is 20.2 Å². The predicted molar refractivity (Wildman–Crippen MR) is 51.1 cm³/mol. The van der Waals surface area contributed by atoms with Gasteiger partial charge in [-0.25, -0.2) is 0 Å². The van der Waals surface area contributed by atoms with Crippen molar-refractivity contribution in [3.8, 4) is 0 Å². The van der Waals surface area contributed by atoms with Gasteiger partial charge in [0, 0.05) is 0 Å². The highest BCUT2D eigenvalue weighted by molar-refractivity contribution is 7.86. The van der Waals surface area contributed by atoms with Crippen molar-refractivity contribution >= 4 is 20.2 Å². The van der Waals surface area contributed by atoms with Crippen LogP contribution in [-0.2, 0) is 20.2 Å². The fraction of sp³-hybridized carbons (Fsp3) is 0. The minimum atomic E-state index is -4.34. The summed E-state index contributed by atoms with van der Waals surface area (Å²) in [7, 11) is -8.68. The van der Waals surface area contributed by atoms with Crippen molar-refractivity contribution in [1.29, 1.82) is 0 Å². The molecule has 0 bridgehead atoms. The lowest BCUT2D eigenvalue weighted by molar-refractivity contribution is 0.478. The van der Waals surface area contributed by atoms with Crippen molar-refractivity contribution < 1.29 is 25.9 Å². The largest absolute Gasteiger partial charge is 0.344 e. The highest BCUT2D eigenvalue weighted by Gasteiger charge is 2.13. The summed E-state index contributed by atoms with van der Waals surface area (Å²) in [4.78, 5) is -0.880. The Bertz CT molecular complexity index is 478. The van der Waals surface area contributed by atoms with E-state index in [0.29, 0.717) is 0 Å². The normalized spacial score (nSPS) is 11.9. The summed E-state index contributed by atoms with van der Waals surface area (Å²) in [6.45, 7) is 0. The molecule has 0 aromatic heterocycles. The van der Waals surface area contributed by atoms with E-state index >= 15 is 0 Å². The fourth-order valence-electron chi connectivity index (χ4n) is 0.784. The SMILES string of the molecule is N.O=S(=O)(O)c1ccc(S(=O)(=O)O)cc1. The molecule has 0 saturated carbocycles. The summed E-state index contributed by atoms with van der Waals surface area (Å²) < 4.78 is 59.2. The number of rotatable bonds is 2. The first-order valence-electron chi connectivity index (χ1n) is 3.26. The molecule has 0 aliphatic carbocycles. The molecular weight excluding hydrogens is 246 g/mol. The van der Waals surface area contributed by atoms with Crippen molar-refractivity contribution in [2.45, 2.75) is 9.79 Å². The lowest BCUT2D eigenvalue weighted by Crippen LogP contribution is -2.01. The second-order valence-corrected chi connectivity index (χ2v) is 5.26. The summed E-state index contributed by atoms with van der Waals surface area (Å²) >= 11 is 0. The van der Waals surface area contributed by atoms with Crippen LogP contribution in [-0.4, -0.2) is 25.9 Å². The molecule has 0 spiro atoms. The van der Waals surface area contributed by atoms with Crippen LogP contribution in [0.3, 0.4) is 0 Å². The molecule has 1 rings (SSSR count). The van der Waals surface area contributed by atoms with E-state index in [1.165, 1.54) is 0 Å². The molecule has 86 valence electrons. The second-order valence-electron chi connectivity index (χ2n) is 2.42. The van der Waals surface area contributed by atoms with Crippen LogP contribution < -0.4 is 6.15 Å². The van der Waals surface area contributed by atoms with Crippen molar-refractivity contribution in [2.24, 2.45) is 0 Å². The molecule has 0 aliphatic heterocycles. The van der Waals surface area contributed by atoms with E-state index in [-0.39, 0.29) is 6.15 Å². The van der Waals surface area contributed by atoms with Crippen LogP contribution in [0.4, 0.5) is 0 Å². The van der Waals surface area contributed by atoms with Crippen LogP contribution in [0.1, 0.15) is 0 Å². The summed E-state index contributed by atoms with van der Waals surface area (Å²) in [5.74, 6) is 0. The molecule has 0 heterocycles. The number of benzene rings is 1. The highest BCUT2D eigenvalue weighted by Crippen LogP contribution is 2.13. The van der Waals surface area contributed by atoms with E-state index in [4.69, 9.17) is 9.11 Å². The Hall–Kier alpha value is -1.00. The molecule has 7 nitrogen and oxygen atoms in total. The van der Waals surface area contributed by atoms with E-state index < -0.39 is 30.0 Å². The molecule has 1 aromatic rings. The first-order valence-corrected chi connectivity index (χ1v) is 6.14. The van der Waals surface area contributed by atoms with Crippen molar-refractivity contribution in [3.63, 3.8) is 0 Å². The van der Waals surface area contributed by atoms with Crippen LogP contribution in [0.25, 0.3) is 0 Å². The summed E-state index contributed by atoms with van der Waals surface area (Å²) in [6.07, 6.45) is 0. The maximum Gasteiger partial charge on any atom is 0.294 e. The first kappa shape index (κ1) is 14.0. The fourth-order valence-corrected chi connectivity index (χ4v) is 1.74. The maximum absolute atomic E-state index is 10.5. The molecule has 1 aromatic carbocycles. The van der Waals surface area contributed by atoms with Gasteiger partial charge in [-0.15, -0.1) is 0 Å². The van der Waals surface area contributed by atoms with Gasteiger partial charge in [-0.05, 0) is 24.3 Å². The molecule has 9 heteroatoms. The van der Waals surface area contributed by atoms with Gasteiger partial charge < -0.3 is 6.15 Å². The van der Waals surface area contributed by atoms with Crippen molar-refractivity contribution in [3.05, 3.63) is 24.3 Å². The first-order chi connectivity index (χ1) is 6.21. The Morgan fingerprint density at radius 3 is 1.07 bits per heavy atom. The van der Waals surface area contributed by atoms with E-state index in [9.17, 15) is 16.8 Å². The minimum Gasteiger partial charge on any atom is -0.344 e. The van der Waals surface area contributed by atoms with Crippen LogP contribution >= 0.6 is 0 Å². The Morgan fingerprint density at radius 1 is 0.733 bits per heavy atom. The average Bonchev–Trinajstić information content (AvgIpc) is 2.01. The third-order valence-corrected chi connectivity index (χ3v) is 3.16. The van der Waals surface area contributed by atoms with Gasteiger partial charge in [0.15, 0.2) is 0 Å². The highest BCUT2D eigenvalue weighted by atomic mass is 32.2. The predicted octanol–water partition coefficient (Wildman–Crippen LogP) is 0.342. The molecule has 0 fully saturated rings. The summed E-state index contributed by atoms with van der Waals surface area (Å²) in [6, 6.07) is 3.49. The standard InChI is InChI=1S/C6H6O6S2.H3N/c7-13(8,9)5-1-2-6(4-3-5)14(10,11)12;/h1-4H,(H,7,8,9)(H,10,11,12);1H3. The quantitative estimate of drug-likeness (QED) is 0.646. The molecular formula is C6H9NO6S2. The number of hydrogen-bond donors (Lipinski definition) is 3. The third-order valence-electron chi connectivity index (χ3n) is 1.42. The zero-order chi connectivity index (χ0) is 11.0. The molecule has 0 atom stereocenters. The van der Waals surface area contributed by atoms with Gasteiger partial charge >= 0.3 is 0 Å². The molecule has 0 radical (unpaired) electrons. The van der Waals surface area contributed by atoms with Crippen LogP contribution in [0, 0.1) is 0 Å². The van der Waals surface area contributed by atoms with Crippen LogP contribution in [0.2, 0.25) is 0 Å². The Balaban J connectivity index is 0.00000196. The number of hydrogen-bond acceptors (Lipinski definition) is 5. The Morgan fingerprint density at radius 2 is 0.933 bits per heavy atom. The Kier molecular flexibility index (Phi) is 3.96. The smallest absolute Gasteiger partial charge is 0.294 e. The van der Waals surface area contributed by atoms with Gasteiger partial charge in [-0.3, -0.25) is 9.11 Å². The van der Waals surface area contributed by atoms with E-state index in [2.05, 4.69) is 0 Å². The molecule has 5 N–H and O–H groups in total. The average molecular weight is 255 g/mol. The van der Waals surface area contributed by atoms with Gasteiger partial charge in [0.2, 0.25) is 0 Å². The Labute approximate surface area is 86.8 Å². The molecule has 0 aliphatic rings. The van der Waals surface area contributed by atoms with Crippen LogP contribution in [0.5, 0.6) is 0 Å². The van der Waals surface area contributed by atoms with Gasteiger partial charge in [0.1, 0.15) is 0 Å². The van der Waals surface area contributed by atoms with E-state index in [1.807, 2.05) is 0 Å². The zero-order valence-corrected chi connectivity index (χ0v) is 8.99. The second kappa shape index (κ2) is 4.24. The lowest BCUT2D eigenvalue weighted by Gasteiger charge is -1.98. The summed E-state index contributed by atoms with van der Waals surface area (Å²) in [5, 5.41) is 0. The lowest BCUT2D eigenvalue weighted by atomic mass is 10.4. The van der Waals surface area contributed by atoms with Gasteiger partial charge in [-0.2, -0.15) is 16.8 Å². The molecule has 0 saturated heterocycles. The molecule has 15 heavy (non-hydrogen) atoms. The maximum atomic E-state index is 10.5. The van der Waals surface area contributed by atoms with Gasteiger partial charge in [-0.1, -0.05) is 0 Å². The van der Waals surface area contributed by atoms with Crippen molar-refractivity contribution in [2.75, 3.05) is 0 Å².